The number of nitrogens with two attached hydrogens (primary N) is 1. The minimum absolute atomic E-state index is 0. The molecular weight excluding hydrogens is 472 g/mol. The Morgan fingerprint density at radius 2 is 1.85 bits per heavy atom. The summed E-state index contributed by atoms with van der Waals surface area (Å²) >= 11 is 0. The van der Waals surface area contributed by atoms with Crippen LogP contribution in [0.5, 0.6) is 0 Å². The summed E-state index contributed by atoms with van der Waals surface area (Å²) in [7, 11) is -1.76. The summed E-state index contributed by atoms with van der Waals surface area (Å²) in [5, 5.41) is 10.8. The number of benzene rings is 3. The Morgan fingerprint density at radius 3 is 2.59 bits per heavy atom. The zero-order chi connectivity index (χ0) is 23.2. The molecule has 0 atom stereocenters. The molecule has 0 aliphatic carbocycles. The van der Waals surface area contributed by atoms with E-state index >= 15 is 0 Å². The number of imidazole rings is 1. The van der Waals surface area contributed by atoms with E-state index in [1.54, 1.807) is 24.3 Å². The number of hydrogen-bond acceptors (Lipinski definition) is 5. The van der Waals surface area contributed by atoms with E-state index in [0.717, 1.165) is 28.3 Å². The molecule has 0 saturated carbocycles. The zero-order valence-electron chi connectivity index (χ0n) is 18.5. The molecule has 2 heterocycles. The van der Waals surface area contributed by atoms with Crippen LogP contribution in [0.3, 0.4) is 0 Å². The molecule has 0 fully saturated rings. The second-order valence-corrected chi connectivity index (χ2v) is 9.90. The highest BCUT2D eigenvalue weighted by atomic mass is 35.5. The molecule has 4 aromatic rings. The van der Waals surface area contributed by atoms with E-state index in [1.807, 2.05) is 54.1 Å². The smallest absolute Gasteiger partial charge is 0.264 e. The maximum Gasteiger partial charge on any atom is 0.264 e. The van der Waals surface area contributed by atoms with Crippen molar-refractivity contribution >= 4 is 50.7 Å². The molecule has 0 spiro atoms. The van der Waals surface area contributed by atoms with Crippen LogP contribution in [0.2, 0.25) is 0 Å². The largest absolute Gasteiger partial charge is 0.384 e. The summed E-state index contributed by atoms with van der Waals surface area (Å²) in [5.41, 5.74) is 10.3. The average molecular weight is 497 g/mol. The van der Waals surface area contributed by atoms with Crippen molar-refractivity contribution in [2.45, 2.75) is 17.9 Å². The molecule has 5 rings (SSSR count). The van der Waals surface area contributed by atoms with Gasteiger partial charge in [-0.1, -0.05) is 18.2 Å². The summed E-state index contributed by atoms with van der Waals surface area (Å²) < 4.78 is 30.2. The standard InChI is InChI=1S/C24H24N6O2S.ClH/c1-29-22-11-10-19(33(31,32)30-13-12-16-4-2-3-5-21(16)30)14-20(22)28-23(29)15-27-18-8-6-17(7-9-18)24(25)26;/h2-11,14,27H,12-13,15H2,1H3,(H3,25,26);1H. The molecule has 0 amide bonds. The molecule has 0 bridgehead atoms. The summed E-state index contributed by atoms with van der Waals surface area (Å²) in [4.78, 5) is 4.92. The predicted octanol–water partition coefficient (Wildman–Crippen LogP) is 3.64. The molecule has 3 aromatic carbocycles. The van der Waals surface area contributed by atoms with Crippen LogP contribution in [0.25, 0.3) is 11.0 Å². The van der Waals surface area contributed by atoms with Gasteiger partial charge in [0.25, 0.3) is 10.0 Å². The molecule has 4 N–H and O–H groups in total. The van der Waals surface area contributed by atoms with Gasteiger partial charge in [0.2, 0.25) is 0 Å². The lowest BCUT2D eigenvalue weighted by atomic mass is 10.2. The van der Waals surface area contributed by atoms with Crippen LogP contribution >= 0.6 is 12.4 Å². The van der Waals surface area contributed by atoms with Crippen molar-refractivity contribution in [1.29, 1.82) is 5.41 Å². The number of rotatable bonds is 6. The molecule has 1 aliphatic rings. The Hall–Kier alpha value is -3.56. The Bertz CT molecular complexity index is 1480. The van der Waals surface area contributed by atoms with Gasteiger partial charge in [-0.15, -0.1) is 12.4 Å². The highest BCUT2D eigenvalue weighted by molar-refractivity contribution is 7.92. The number of para-hydroxylation sites is 1. The lowest BCUT2D eigenvalue weighted by Crippen LogP contribution is -2.29. The maximum absolute atomic E-state index is 13.4. The number of halogens is 1. The minimum Gasteiger partial charge on any atom is -0.384 e. The first-order valence-electron chi connectivity index (χ1n) is 10.6. The fourth-order valence-electron chi connectivity index (χ4n) is 4.18. The Balaban J connectivity index is 0.00000274. The van der Waals surface area contributed by atoms with Gasteiger partial charge >= 0.3 is 0 Å². The first-order valence-corrected chi connectivity index (χ1v) is 12.0. The number of anilines is 2. The Morgan fingerprint density at radius 1 is 1.12 bits per heavy atom. The van der Waals surface area contributed by atoms with E-state index in [1.165, 1.54) is 4.31 Å². The molecule has 176 valence electrons. The van der Waals surface area contributed by atoms with Crippen LogP contribution in [0, 0.1) is 5.41 Å². The average Bonchev–Trinajstić information content (AvgIpc) is 3.39. The maximum atomic E-state index is 13.4. The van der Waals surface area contributed by atoms with Crippen molar-refractivity contribution in [3.8, 4) is 0 Å². The number of nitrogens with one attached hydrogen (secondary N) is 2. The third-order valence-corrected chi connectivity index (χ3v) is 7.83. The number of nitrogen functional groups attached to an aromatic ring is 1. The van der Waals surface area contributed by atoms with Gasteiger partial charge in [-0.2, -0.15) is 0 Å². The van der Waals surface area contributed by atoms with Crippen molar-refractivity contribution in [1.82, 2.24) is 9.55 Å². The fraction of sp³-hybridized carbons (Fsp3) is 0.167. The third-order valence-electron chi connectivity index (χ3n) is 6.02. The van der Waals surface area contributed by atoms with Gasteiger partial charge in [-0.05, 0) is 60.5 Å². The minimum atomic E-state index is -3.67. The summed E-state index contributed by atoms with van der Waals surface area (Å²) in [6, 6.07) is 20.0. The van der Waals surface area contributed by atoms with Crippen LogP contribution < -0.4 is 15.4 Å². The number of hydrogen-bond donors (Lipinski definition) is 3. The van der Waals surface area contributed by atoms with Crippen LogP contribution in [-0.4, -0.2) is 30.3 Å². The van der Waals surface area contributed by atoms with Crippen molar-refractivity contribution in [2.24, 2.45) is 12.8 Å². The third kappa shape index (κ3) is 4.08. The fourth-order valence-corrected chi connectivity index (χ4v) is 5.71. The van der Waals surface area contributed by atoms with Crippen molar-refractivity contribution < 1.29 is 8.42 Å². The number of aryl methyl sites for hydroxylation is 1. The highest BCUT2D eigenvalue weighted by Crippen LogP contribution is 2.33. The number of fused-ring (bicyclic) bond motifs is 2. The summed E-state index contributed by atoms with van der Waals surface area (Å²) in [6.45, 7) is 0.908. The molecular formula is C24H25ClN6O2S. The van der Waals surface area contributed by atoms with Gasteiger partial charge in [0, 0.05) is 24.8 Å². The number of sulfonamides is 1. The van der Waals surface area contributed by atoms with Gasteiger partial charge in [-0.25, -0.2) is 13.4 Å². The van der Waals surface area contributed by atoms with Crippen LogP contribution in [0.1, 0.15) is 17.0 Å². The van der Waals surface area contributed by atoms with Gasteiger partial charge in [0.05, 0.1) is 28.2 Å². The van der Waals surface area contributed by atoms with E-state index in [4.69, 9.17) is 11.1 Å². The van der Waals surface area contributed by atoms with E-state index in [-0.39, 0.29) is 23.1 Å². The van der Waals surface area contributed by atoms with E-state index in [0.29, 0.717) is 30.6 Å². The summed E-state index contributed by atoms with van der Waals surface area (Å²) in [6.07, 6.45) is 0.713. The molecule has 1 aliphatic heterocycles. The molecule has 0 radical (unpaired) electrons. The van der Waals surface area contributed by atoms with Crippen molar-refractivity contribution in [3.05, 3.63) is 83.7 Å². The van der Waals surface area contributed by atoms with Gasteiger partial charge in [-0.3, -0.25) is 9.71 Å². The van der Waals surface area contributed by atoms with Crippen molar-refractivity contribution in [3.63, 3.8) is 0 Å². The van der Waals surface area contributed by atoms with Crippen LogP contribution in [-0.2, 0) is 30.0 Å². The van der Waals surface area contributed by atoms with Gasteiger partial charge < -0.3 is 15.6 Å². The van der Waals surface area contributed by atoms with E-state index in [9.17, 15) is 8.42 Å². The number of nitrogens with zero attached hydrogens (tertiary/aromatic N) is 3. The molecule has 0 saturated heterocycles. The predicted molar refractivity (Wildman–Crippen MR) is 137 cm³/mol. The van der Waals surface area contributed by atoms with E-state index < -0.39 is 10.0 Å². The highest BCUT2D eigenvalue weighted by Gasteiger charge is 2.31. The second-order valence-electron chi connectivity index (χ2n) is 8.04. The van der Waals surface area contributed by atoms with Crippen LogP contribution in [0.4, 0.5) is 11.4 Å². The lowest BCUT2D eigenvalue weighted by Gasteiger charge is -2.19. The Kier molecular flexibility index (Phi) is 6.24. The van der Waals surface area contributed by atoms with Gasteiger partial charge in [0.1, 0.15) is 11.7 Å². The molecule has 10 heteroatoms. The molecule has 1 aromatic heterocycles. The summed E-state index contributed by atoms with van der Waals surface area (Å²) in [5.74, 6) is 0.807. The normalized spacial score (nSPS) is 12.9. The zero-order valence-corrected chi connectivity index (χ0v) is 20.2. The van der Waals surface area contributed by atoms with Gasteiger partial charge in [0.15, 0.2) is 0 Å². The quantitative estimate of drug-likeness (QED) is 0.278. The number of amidine groups is 1. The topological polar surface area (TPSA) is 117 Å². The monoisotopic (exact) mass is 496 g/mol. The van der Waals surface area contributed by atoms with Crippen molar-refractivity contribution in [2.75, 3.05) is 16.2 Å². The molecule has 34 heavy (non-hydrogen) atoms. The molecule has 8 nitrogen and oxygen atoms in total. The second kappa shape index (κ2) is 9.00. The number of aromatic nitrogens is 2. The van der Waals surface area contributed by atoms with E-state index in [2.05, 4.69) is 10.3 Å². The molecule has 0 unspecified atom stereocenters. The van der Waals surface area contributed by atoms with Crippen LogP contribution in [0.15, 0.2) is 71.6 Å². The Labute approximate surface area is 204 Å². The SMILES string of the molecule is Cl.Cn1c(CNc2ccc(C(=N)N)cc2)nc2cc(S(=O)(=O)N3CCc4ccccc43)ccc21. The first-order chi connectivity index (χ1) is 15.8. The lowest BCUT2D eigenvalue weighted by molar-refractivity contribution is 0.592. The first kappa shape index (κ1) is 23.6.